The van der Waals surface area contributed by atoms with Crippen molar-refractivity contribution < 1.29 is 26.4 Å². The second-order valence-electron chi connectivity index (χ2n) is 8.23. The molecule has 0 aliphatic carbocycles. The normalized spacial score (nSPS) is 12.0. The number of halogens is 4. The van der Waals surface area contributed by atoms with Crippen LogP contribution in [0.4, 0.5) is 24.5 Å². The van der Waals surface area contributed by atoms with Gasteiger partial charge >= 0.3 is 6.18 Å². The number of alkyl halides is 3. The van der Waals surface area contributed by atoms with Gasteiger partial charge in [-0.1, -0.05) is 61.8 Å². The predicted octanol–water partition coefficient (Wildman–Crippen LogP) is 6.62. The highest BCUT2D eigenvalue weighted by molar-refractivity contribution is 7.92. The molecule has 0 fully saturated rings. The lowest BCUT2D eigenvalue weighted by molar-refractivity contribution is -0.137. The molecule has 5 nitrogen and oxygen atoms in total. The lowest BCUT2D eigenvalue weighted by Crippen LogP contribution is -2.38. The maximum Gasteiger partial charge on any atom is 0.417 e. The summed E-state index contributed by atoms with van der Waals surface area (Å²) < 4.78 is 68.0. The van der Waals surface area contributed by atoms with Crippen molar-refractivity contribution in [3.63, 3.8) is 0 Å². The molecule has 0 saturated carbocycles. The van der Waals surface area contributed by atoms with Gasteiger partial charge in [0.1, 0.15) is 6.54 Å². The summed E-state index contributed by atoms with van der Waals surface area (Å²) in [4.78, 5) is 12.9. The molecule has 35 heavy (non-hydrogen) atoms. The van der Waals surface area contributed by atoms with Crippen molar-refractivity contribution in [2.24, 2.45) is 0 Å². The summed E-state index contributed by atoms with van der Waals surface area (Å²) in [5.41, 5.74) is 0.618. The summed E-state index contributed by atoms with van der Waals surface area (Å²) in [5, 5.41) is 2.17. The van der Waals surface area contributed by atoms with Gasteiger partial charge in [-0.2, -0.15) is 13.2 Å². The fourth-order valence-electron chi connectivity index (χ4n) is 3.57. The molecule has 0 bridgehead atoms. The van der Waals surface area contributed by atoms with Crippen LogP contribution in [-0.4, -0.2) is 20.9 Å². The first-order chi connectivity index (χ1) is 16.3. The molecule has 0 aliphatic rings. The predicted molar refractivity (Wildman–Crippen MR) is 131 cm³/mol. The Morgan fingerprint density at radius 3 is 2.29 bits per heavy atom. The largest absolute Gasteiger partial charge is 0.417 e. The van der Waals surface area contributed by atoms with Crippen LogP contribution in [0, 0.1) is 6.92 Å². The first-order valence-corrected chi connectivity index (χ1v) is 12.5. The number of carbonyl (C=O) groups is 1. The van der Waals surface area contributed by atoms with Gasteiger partial charge in [0.15, 0.2) is 0 Å². The van der Waals surface area contributed by atoms with E-state index in [9.17, 15) is 26.4 Å². The fraction of sp³-hybridized carbons (Fsp3) is 0.240. The molecule has 1 amide bonds. The maximum absolute atomic E-state index is 13.5. The molecule has 3 rings (SSSR count). The van der Waals surface area contributed by atoms with Gasteiger partial charge in [0.25, 0.3) is 10.0 Å². The number of sulfonamides is 1. The standard InChI is InChI=1S/C25H24ClF3N2O3S/c1-16(2)20-11-7-8-17(3)24(20)30-23(32)15-31(35(33,34)19-9-5-4-6-10-19)18-12-13-22(26)21(14-18)25(27,28)29/h4-14,16H,15H2,1-3H3,(H,30,32). The van der Waals surface area contributed by atoms with Gasteiger partial charge < -0.3 is 5.32 Å². The number of amides is 1. The average molecular weight is 525 g/mol. The number of benzene rings is 3. The van der Waals surface area contributed by atoms with Gasteiger partial charge in [0.05, 0.1) is 21.2 Å². The van der Waals surface area contributed by atoms with Gasteiger partial charge in [-0.25, -0.2) is 8.42 Å². The van der Waals surface area contributed by atoms with Crippen molar-refractivity contribution in [2.45, 2.75) is 37.8 Å². The van der Waals surface area contributed by atoms with E-state index in [0.717, 1.165) is 23.3 Å². The molecule has 0 saturated heterocycles. The Labute approximate surface area is 207 Å². The second kappa shape index (κ2) is 10.3. The first-order valence-electron chi connectivity index (χ1n) is 10.7. The number of nitrogens with one attached hydrogen (secondary N) is 1. The highest BCUT2D eigenvalue weighted by Crippen LogP contribution is 2.38. The summed E-state index contributed by atoms with van der Waals surface area (Å²) in [6, 6.07) is 15.4. The summed E-state index contributed by atoms with van der Waals surface area (Å²) >= 11 is 5.73. The zero-order chi connectivity index (χ0) is 26.0. The van der Waals surface area contributed by atoms with Crippen LogP contribution in [-0.2, 0) is 21.0 Å². The number of anilines is 2. The van der Waals surface area contributed by atoms with Gasteiger partial charge in [-0.3, -0.25) is 9.10 Å². The van der Waals surface area contributed by atoms with E-state index in [4.69, 9.17) is 11.6 Å². The Hall–Kier alpha value is -3.04. The SMILES string of the molecule is Cc1cccc(C(C)C)c1NC(=O)CN(c1ccc(Cl)c(C(F)(F)F)c1)S(=O)(=O)c1ccccc1. The average Bonchev–Trinajstić information content (AvgIpc) is 2.79. The Morgan fingerprint density at radius 1 is 1.03 bits per heavy atom. The molecule has 186 valence electrons. The number of nitrogens with zero attached hydrogens (tertiary/aromatic N) is 1. The van der Waals surface area contributed by atoms with Crippen molar-refractivity contribution in [3.05, 3.63) is 88.4 Å². The summed E-state index contributed by atoms with van der Waals surface area (Å²) in [6.07, 6.45) is -4.81. The number of carbonyl (C=O) groups excluding carboxylic acids is 1. The molecule has 3 aromatic rings. The molecule has 0 heterocycles. The van der Waals surface area contributed by atoms with E-state index in [-0.39, 0.29) is 16.5 Å². The summed E-state index contributed by atoms with van der Waals surface area (Å²) in [6.45, 7) is 4.95. The topological polar surface area (TPSA) is 66.5 Å². The molecule has 0 spiro atoms. The molecule has 0 radical (unpaired) electrons. The van der Waals surface area contributed by atoms with Crippen LogP contribution in [0.5, 0.6) is 0 Å². The Kier molecular flexibility index (Phi) is 7.81. The summed E-state index contributed by atoms with van der Waals surface area (Å²) in [7, 11) is -4.39. The minimum atomic E-state index is -4.81. The maximum atomic E-state index is 13.5. The molecule has 1 N–H and O–H groups in total. The van der Waals surface area contributed by atoms with E-state index in [2.05, 4.69) is 5.32 Å². The number of hydrogen-bond donors (Lipinski definition) is 1. The van der Waals surface area contributed by atoms with Crippen molar-refractivity contribution >= 4 is 38.9 Å². The quantitative estimate of drug-likeness (QED) is 0.377. The van der Waals surface area contributed by atoms with Crippen molar-refractivity contribution in [2.75, 3.05) is 16.2 Å². The third-order valence-electron chi connectivity index (χ3n) is 5.35. The third kappa shape index (κ3) is 5.97. The number of hydrogen-bond acceptors (Lipinski definition) is 3. The van der Waals surface area contributed by atoms with Crippen LogP contribution in [0.25, 0.3) is 0 Å². The molecule has 10 heteroatoms. The second-order valence-corrected chi connectivity index (χ2v) is 10.5. The third-order valence-corrected chi connectivity index (χ3v) is 7.47. The van der Waals surface area contributed by atoms with E-state index < -0.39 is 39.2 Å². The zero-order valence-electron chi connectivity index (χ0n) is 19.2. The Bertz CT molecular complexity index is 1330. The fourth-order valence-corrected chi connectivity index (χ4v) is 5.23. The lowest BCUT2D eigenvalue weighted by Gasteiger charge is -2.26. The lowest BCUT2D eigenvalue weighted by atomic mass is 9.98. The molecule has 0 atom stereocenters. The minimum absolute atomic E-state index is 0.0694. The van der Waals surface area contributed by atoms with E-state index in [1.54, 1.807) is 19.1 Å². The Morgan fingerprint density at radius 2 is 1.69 bits per heavy atom. The van der Waals surface area contributed by atoms with Gasteiger partial charge in [0, 0.05) is 5.69 Å². The molecule has 0 unspecified atom stereocenters. The minimum Gasteiger partial charge on any atom is -0.324 e. The van der Waals surface area contributed by atoms with Crippen LogP contribution in [0.1, 0.15) is 36.5 Å². The van der Waals surface area contributed by atoms with Crippen molar-refractivity contribution in [1.29, 1.82) is 0 Å². The van der Waals surface area contributed by atoms with Crippen LogP contribution in [0.3, 0.4) is 0 Å². The van der Waals surface area contributed by atoms with Crippen LogP contribution in [0.15, 0.2) is 71.6 Å². The van der Waals surface area contributed by atoms with E-state index >= 15 is 0 Å². The van der Waals surface area contributed by atoms with Crippen LogP contribution < -0.4 is 9.62 Å². The molecule has 3 aromatic carbocycles. The van der Waals surface area contributed by atoms with Crippen LogP contribution in [0.2, 0.25) is 5.02 Å². The number of aryl methyl sites for hydroxylation is 1. The Balaban J connectivity index is 2.07. The monoisotopic (exact) mass is 524 g/mol. The highest BCUT2D eigenvalue weighted by atomic mass is 35.5. The van der Waals surface area contributed by atoms with E-state index in [1.165, 1.54) is 24.3 Å². The zero-order valence-corrected chi connectivity index (χ0v) is 20.8. The van der Waals surface area contributed by atoms with Gasteiger partial charge in [0.2, 0.25) is 5.91 Å². The first kappa shape index (κ1) is 26.6. The highest BCUT2D eigenvalue weighted by Gasteiger charge is 2.35. The molecule has 0 aliphatic heterocycles. The van der Waals surface area contributed by atoms with Crippen molar-refractivity contribution in [3.8, 4) is 0 Å². The van der Waals surface area contributed by atoms with Gasteiger partial charge in [-0.15, -0.1) is 0 Å². The number of rotatable bonds is 7. The van der Waals surface area contributed by atoms with Gasteiger partial charge in [-0.05, 0) is 54.3 Å². The van der Waals surface area contributed by atoms with E-state index in [1.807, 2.05) is 26.0 Å². The summed E-state index contributed by atoms with van der Waals surface area (Å²) in [5.74, 6) is -0.635. The molecular weight excluding hydrogens is 501 g/mol. The van der Waals surface area contributed by atoms with E-state index in [0.29, 0.717) is 16.1 Å². The smallest absolute Gasteiger partial charge is 0.324 e. The van der Waals surface area contributed by atoms with Crippen LogP contribution >= 0.6 is 11.6 Å². The molecular formula is C25H24ClF3N2O3S. The molecule has 0 aromatic heterocycles. The van der Waals surface area contributed by atoms with Crippen molar-refractivity contribution in [1.82, 2.24) is 0 Å². The number of para-hydroxylation sites is 1.